The fourth-order valence-electron chi connectivity index (χ4n) is 3.94. The molecule has 0 unspecified atom stereocenters. The predicted molar refractivity (Wildman–Crippen MR) is 141 cm³/mol. The van der Waals surface area contributed by atoms with Gasteiger partial charge < -0.3 is 20.3 Å². The summed E-state index contributed by atoms with van der Waals surface area (Å²) < 4.78 is 5.60. The number of fused-ring (bicyclic) bond motifs is 1. The molecule has 0 aliphatic carbocycles. The molecule has 35 heavy (non-hydrogen) atoms. The summed E-state index contributed by atoms with van der Waals surface area (Å²) >= 11 is 6.32. The Kier molecular flexibility index (Phi) is 6.85. The van der Waals surface area contributed by atoms with Gasteiger partial charge in [0.25, 0.3) is 5.91 Å². The lowest BCUT2D eigenvalue weighted by molar-refractivity contribution is -0.121. The van der Waals surface area contributed by atoms with Gasteiger partial charge in [-0.25, -0.2) is 4.79 Å². The van der Waals surface area contributed by atoms with Crippen LogP contribution in [0.2, 0.25) is 5.02 Å². The molecule has 4 rings (SSSR count). The number of ether oxygens (including phenoxy) is 1. The van der Waals surface area contributed by atoms with Gasteiger partial charge in [0.15, 0.2) is 6.61 Å². The van der Waals surface area contributed by atoms with Gasteiger partial charge >= 0.3 is 6.03 Å². The molecule has 0 atom stereocenters. The Morgan fingerprint density at radius 2 is 1.89 bits per heavy atom. The Labute approximate surface area is 210 Å². The van der Waals surface area contributed by atoms with Crippen LogP contribution >= 0.6 is 11.6 Å². The summed E-state index contributed by atoms with van der Waals surface area (Å²) in [5, 5.41) is 6.49. The van der Waals surface area contributed by atoms with Gasteiger partial charge in [-0.2, -0.15) is 0 Å². The van der Waals surface area contributed by atoms with Crippen molar-refractivity contribution < 1.29 is 14.3 Å². The van der Waals surface area contributed by atoms with Crippen molar-refractivity contribution in [3.05, 3.63) is 95.0 Å². The summed E-state index contributed by atoms with van der Waals surface area (Å²) in [4.78, 5) is 27.2. The van der Waals surface area contributed by atoms with Crippen LogP contribution in [0.25, 0.3) is 5.57 Å². The van der Waals surface area contributed by atoms with Crippen molar-refractivity contribution in [2.75, 3.05) is 16.8 Å². The number of carbonyl (C=O) groups excluding carboxylic acids is 2. The summed E-state index contributed by atoms with van der Waals surface area (Å²) in [7, 11) is 0. The number of nitrogens with zero attached hydrogens (tertiary/aromatic N) is 1. The average molecular weight is 490 g/mol. The SMILES string of the molecule is C=C(C)c1cccc(C(C)(C)NC(=O)Nc2ccc3c(c2)N(Cc2ccccc2Cl)C(=O)CO3)c1. The molecule has 0 spiro atoms. The Bertz CT molecular complexity index is 1300. The van der Waals surface area contributed by atoms with Crippen LogP contribution in [0.3, 0.4) is 0 Å². The van der Waals surface area contributed by atoms with Gasteiger partial charge in [0.1, 0.15) is 5.75 Å². The maximum absolute atomic E-state index is 12.9. The van der Waals surface area contributed by atoms with Crippen LogP contribution < -0.4 is 20.3 Å². The van der Waals surface area contributed by atoms with Gasteiger partial charge in [0.2, 0.25) is 0 Å². The number of hydrogen-bond acceptors (Lipinski definition) is 3. The van der Waals surface area contributed by atoms with Crippen LogP contribution in [-0.2, 0) is 16.9 Å². The van der Waals surface area contributed by atoms with E-state index >= 15 is 0 Å². The molecule has 6 nitrogen and oxygen atoms in total. The van der Waals surface area contributed by atoms with E-state index in [4.69, 9.17) is 16.3 Å². The third kappa shape index (κ3) is 5.49. The number of nitrogens with one attached hydrogen (secondary N) is 2. The summed E-state index contributed by atoms with van der Waals surface area (Å²) in [5.41, 5.74) is 4.25. The van der Waals surface area contributed by atoms with E-state index in [-0.39, 0.29) is 18.5 Å². The average Bonchev–Trinajstić information content (AvgIpc) is 2.82. The van der Waals surface area contributed by atoms with E-state index in [0.29, 0.717) is 28.7 Å². The number of urea groups is 1. The second-order valence-corrected chi connectivity index (χ2v) is 9.51. The molecule has 0 saturated heterocycles. The molecular formula is C28H28ClN3O3. The van der Waals surface area contributed by atoms with Crippen LogP contribution in [-0.4, -0.2) is 18.5 Å². The van der Waals surface area contributed by atoms with E-state index in [1.165, 1.54) is 0 Å². The number of benzene rings is 3. The molecule has 3 aromatic rings. The van der Waals surface area contributed by atoms with Crippen molar-refractivity contribution in [2.24, 2.45) is 0 Å². The van der Waals surface area contributed by atoms with Crippen LogP contribution in [0, 0.1) is 0 Å². The van der Waals surface area contributed by atoms with E-state index in [1.54, 1.807) is 29.2 Å². The van der Waals surface area contributed by atoms with Crippen LogP contribution in [0.4, 0.5) is 16.2 Å². The Morgan fingerprint density at radius 3 is 2.63 bits per heavy atom. The molecule has 1 heterocycles. The number of rotatable bonds is 6. The number of anilines is 2. The molecule has 0 aromatic heterocycles. The molecule has 0 saturated carbocycles. The number of hydrogen-bond donors (Lipinski definition) is 2. The summed E-state index contributed by atoms with van der Waals surface area (Å²) in [5.74, 6) is 0.386. The molecule has 0 radical (unpaired) electrons. The largest absolute Gasteiger partial charge is 0.482 e. The predicted octanol–water partition coefficient (Wildman–Crippen LogP) is 6.36. The minimum atomic E-state index is -0.626. The third-order valence-corrected chi connectivity index (χ3v) is 6.32. The second kappa shape index (κ2) is 9.84. The monoisotopic (exact) mass is 489 g/mol. The number of amides is 3. The zero-order valence-corrected chi connectivity index (χ0v) is 20.8. The highest BCUT2D eigenvalue weighted by molar-refractivity contribution is 6.31. The van der Waals surface area contributed by atoms with E-state index in [1.807, 2.05) is 63.2 Å². The smallest absolute Gasteiger partial charge is 0.319 e. The fourth-order valence-corrected chi connectivity index (χ4v) is 4.14. The lowest BCUT2D eigenvalue weighted by atomic mass is 9.92. The number of allylic oxidation sites excluding steroid dienone is 1. The third-order valence-electron chi connectivity index (χ3n) is 5.95. The van der Waals surface area contributed by atoms with E-state index in [2.05, 4.69) is 17.2 Å². The number of carbonyl (C=O) groups is 2. The molecular weight excluding hydrogens is 462 g/mol. The minimum Gasteiger partial charge on any atom is -0.482 e. The maximum Gasteiger partial charge on any atom is 0.319 e. The summed E-state index contributed by atoms with van der Waals surface area (Å²) in [6.07, 6.45) is 0. The van der Waals surface area contributed by atoms with E-state index in [9.17, 15) is 9.59 Å². The highest BCUT2D eigenvalue weighted by Crippen LogP contribution is 2.36. The lowest BCUT2D eigenvalue weighted by Gasteiger charge is -2.30. The van der Waals surface area contributed by atoms with Crippen molar-refractivity contribution in [1.82, 2.24) is 5.32 Å². The maximum atomic E-state index is 12.9. The van der Waals surface area contributed by atoms with Gasteiger partial charge in [-0.3, -0.25) is 4.79 Å². The van der Waals surface area contributed by atoms with Gasteiger partial charge in [-0.15, -0.1) is 0 Å². The molecule has 1 aliphatic heterocycles. The Morgan fingerprint density at radius 1 is 1.11 bits per heavy atom. The van der Waals surface area contributed by atoms with Gasteiger partial charge in [0, 0.05) is 10.7 Å². The van der Waals surface area contributed by atoms with Crippen LogP contribution in [0.1, 0.15) is 37.5 Å². The molecule has 1 aliphatic rings. The first-order valence-electron chi connectivity index (χ1n) is 11.3. The molecule has 180 valence electrons. The van der Waals surface area contributed by atoms with E-state index < -0.39 is 5.54 Å². The Balaban J connectivity index is 1.53. The molecule has 0 bridgehead atoms. The minimum absolute atomic E-state index is 0.0534. The normalized spacial score (nSPS) is 13.0. The lowest BCUT2D eigenvalue weighted by Crippen LogP contribution is -2.43. The van der Waals surface area contributed by atoms with E-state index in [0.717, 1.165) is 22.3 Å². The van der Waals surface area contributed by atoms with Gasteiger partial charge in [0.05, 0.1) is 17.8 Å². The van der Waals surface area contributed by atoms with Gasteiger partial charge in [-0.05, 0) is 67.8 Å². The van der Waals surface area contributed by atoms with Crippen molar-refractivity contribution in [1.29, 1.82) is 0 Å². The number of halogens is 1. The zero-order chi connectivity index (χ0) is 25.2. The molecule has 3 amide bonds. The first-order valence-corrected chi connectivity index (χ1v) is 11.7. The zero-order valence-electron chi connectivity index (χ0n) is 20.0. The fraction of sp³-hybridized carbons (Fsp3) is 0.214. The molecule has 7 heteroatoms. The second-order valence-electron chi connectivity index (χ2n) is 9.11. The van der Waals surface area contributed by atoms with Gasteiger partial charge in [-0.1, -0.05) is 60.2 Å². The highest BCUT2D eigenvalue weighted by atomic mass is 35.5. The van der Waals surface area contributed by atoms with Crippen molar-refractivity contribution in [3.63, 3.8) is 0 Å². The van der Waals surface area contributed by atoms with Crippen molar-refractivity contribution >= 4 is 40.5 Å². The van der Waals surface area contributed by atoms with Crippen LogP contribution in [0.15, 0.2) is 73.3 Å². The topological polar surface area (TPSA) is 70.7 Å². The first-order chi connectivity index (χ1) is 16.6. The first kappa shape index (κ1) is 24.4. The molecule has 0 fully saturated rings. The summed E-state index contributed by atoms with van der Waals surface area (Å²) in [6.45, 7) is 10.1. The van der Waals surface area contributed by atoms with Crippen molar-refractivity contribution in [3.8, 4) is 5.75 Å². The Hall–Kier alpha value is -3.77. The standard InChI is InChI=1S/C28H28ClN3O3/c1-18(2)19-9-7-10-21(14-19)28(3,4)31-27(34)30-22-12-13-25-24(15-22)32(26(33)17-35-25)16-20-8-5-6-11-23(20)29/h5-15H,1,16-17H2,2-4H3,(H2,30,31,34). The quantitative estimate of drug-likeness (QED) is 0.423. The summed E-state index contributed by atoms with van der Waals surface area (Å²) in [6, 6.07) is 20.2. The van der Waals surface area contributed by atoms with Crippen LogP contribution in [0.5, 0.6) is 5.75 Å². The van der Waals surface area contributed by atoms with Crippen molar-refractivity contribution in [2.45, 2.75) is 32.9 Å². The molecule has 2 N–H and O–H groups in total. The molecule has 3 aromatic carbocycles. The highest BCUT2D eigenvalue weighted by Gasteiger charge is 2.27.